The highest BCUT2D eigenvalue weighted by molar-refractivity contribution is 7.47. The summed E-state index contributed by atoms with van der Waals surface area (Å²) in [5.41, 5.74) is 0. The van der Waals surface area contributed by atoms with E-state index in [0.29, 0.717) is 17.4 Å². The topological polar surface area (TPSA) is 105 Å². The number of carbonyl (C=O) groups excluding carboxylic acids is 1. The van der Waals surface area contributed by atoms with Crippen LogP contribution in [0.25, 0.3) is 0 Å². The summed E-state index contributed by atoms with van der Waals surface area (Å²) in [4.78, 5) is 23.3. The van der Waals surface area contributed by atoms with Crippen LogP contribution in [-0.4, -0.2) is 73.4 Å². The molecule has 0 aliphatic carbocycles. The summed E-state index contributed by atoms with van der Waals surface area (Å²) in [7, 11) is 1.55. The first-order valence-corrected chi connectivity index (χ1v) is 33.0. The first-order chi connectivity index (χ1) is 35.5. The number of rotatable bonds is 58. The molecule has 73 heavy (non-hydrogen) atoms. The number of unbranched alkanes of at least 4 members (excludes halogenated alkanes) is 39. The van der Waals surface area contributed by atoms with E-state index in [1.54, 1.807) is 6.08 Å². The number of amides is 1. The van der Waals surface area contributed by atoms with Crippen molar-refractivity contribution in [3.8, 4) is 0 Å². The van der Waals surface area contributed by atoms with Gasteiger partial charge in [-0.25, -0.2) is 4.57 Å². The molecule has 0 bridgehead atoms. The van der Waals surface area contributed by atoms with Crippen molar-refractivity contribution >= 4 is 13.7 Å². The summed E-state index contributed by atoms with van der Waals surface area (Å²) in [5, 5.41) is 13.9. The molecular formula is C64H124N2O6P+. The highest BCUT2D eigenvalue weighted by atomic mass is 31.2. The number of carbonyl (C=O) groups is 1. The van der Waals surface area contributed by atoms with Crippen LogP contribution in [0.1, 0.15) is 303 Å². The van der Waals surface area contributed by atoms with Gasteiger partial charge >= 0.3 is 7.82 Å². The zero-order valence-corrected chi connectivity index (χ0v) is 50.0. The second kappa shape index (κ2) is 55.2. The maximum Gasteiger partial charge on any atom is 0.472 e. The Morgan fingerprint density at radius 3 is 1.10 bits per heavy atom. The van der Waals surface area contributed by atoms with Crippen molar-refractivity contribution in [2.24, 2.45) is 0 Å². The molecule has 9 heteroatoms. The molecule has 0 spiro atoms. The lowest BCUT2D eigenvalue weighted by Gasteiger charge is -2.25. The van der Waals surface area contributed by atoms with E-state index in [1.807, 2.05) is 27.2 Å². The Morgan fingerprint density at radius 2 is 0.753 bits per heavy atom. The lowest BCUT2D eigenvalue weighted by molar-refractivity contribution is -0.870. The third-order valence-corrected chi connectivity index (χ3v) is 15.2. The highest BCUT2D eigenvalue weighted by Crippen LogP contribution is 2.43. The van der Waals surface area contributed by atoms with Crippen molar-refractivity contribution in [2.45, 2.75) is 315 Å². The number of hydrogen-bond donors (Lipinski definition) is 3. The third kappa shape index (κ3) is 58.0. The molecule has 0 aromatic carbocycles. The summed E-state index contributed by atoms with van der Waals surface area (Å²) in [6.07, 6.45) is 73.8. The molecule has 0 aromatic rings. The molecule has 0 aromatic heterocycles. The molecule has 0 heterocycles. The zero-order chi connectivity index (χ0) is 53.5. The molecule has 430 valence electrons. The quantitative estimate of drug-likeness (QED) is 0.0243. The number of aliphatic hydroxyl groups excluding tert-OH is 1. The van der Waals surface area contributed by atoms with Gasteiger partial charge in [0.15, 0.2) is 0 Å². The Morgan fingerprint density at radius 1 is 0.452 bits per heavy atom. The van der Waals surface area contributed by atoms with Gasteiger partial charge in [-0.2, -0.15) is 0 Å². The summed E-state index contributed by atoms with van der Waals surface area (Å²) in [6, 6.07) is -0.872. The zero-order valence-electron chi connectivity index (χ0n) is 49.1. The van der Waals surface area contributed by atoms with E-state index >= 15 is 0 Å². The Bertz CT molecular complexity index is 1330. The van der Waals surface area contributed by atoms with E-state index in [4.69, 9.17) is 9.05 Å². The molecule has 0 radical (unpaired) electrons. The van der Waals surface area contributed by atoms with Crippen molar-refractivity contribution in [3.05, 3.63) is 48.6 Å². The molecule has 1 amide bonds. The first kappa shape index (κ1) is 71.5. The summed E-state index contributed by atoms with van der Waals surface area (Å²) >= 11 is 0. The molecule has 0 fully saturated rings. The van der Waals surface area contributed by atoms with Crippen molar-refractivity contribution in [1.29, 1.82) is 0 Å². The van der Waals surface area contributed by atoms with E-state index in [1.165, 1.54) is 238 Å². The van der Waals surface area contributed by atoms with Crippen LogP contribution in [0.4, 0.5) is 0 Å². The van der Waals surface area contributed by atoms with Gasteiger partial charge in [-0.1, -0.05) is 274 Å². The van der Waals surface area contributed by atoms with Crippen LogP contribution in [-0.2, 0) is 18.4 Å². The number of allylic oxidation sites excluding steroid dienone is 7. The van der Waals surface area contributed by atoms with Gasteiger partial charge in [0.1, 0.15) is 13.2 Å². The second-order valence-corrected chi connectivity index (χ2v) is 24.2. The van der Waals surface area contributed by atoms with Gasteiger partial charge in [-0.15, -0.1) is 0 Å². The van der Waals surface area contributed by atoms with Gasteiger partial charge in [-0.05, 0) is 70.6 Å². The van der Waals surface area contributed by atoms with E-state index in [9.17, 15) is 19.4 Å². The van der Waals surface area contributed by atoms with Crippen molar-refractivity contribution < 1.29 is 32.9 Å². The van der Waals surface area contributed by atoms with Crippen LogP contribution in [0.15, 0.2) is 48.6 Å². The molecule has 0 aliphatic rings. The van der Waals surface area contributed by atoms with Gasteiger partial charge in [0.2, 0.25) is 5.91 Å². The molecular weight excluding hydrogens is 924 g/mol. The minimum absolute atomic E-state index is 0.0533. The summed E-state index contributed by atoms with van der Waals surface area (Å²) in [6.45, 7) is 4.83. The Hall–Kier alpha value is -1.54. The lowest BCUT2D eigenvalue weighted by atomic mass is 10.0. The van der Waals surface area contributed by atoms with Crippen LogP contribution in [0.5, 0.6) is 0 Å². The number of quaternary nitrogens is 1. The van der Waals surface area contributed by atoms with E-state index < -0.39 is 20.0 Å². The van der Waals surface area contributed by atoms with Gasteiger partial charge in [0.05, 0.1) is 39.9 Å². The molecule has 0 saturated carbocycles. The number of likely N-dealkylation sites (N-methyl/N-ethyl adjacent to an activating group) is 1. The van der Waals surface area contributed by atoms with Crippen LogP contribution < -0.4 is 5.32 Å². The van der Waals surface area contributed by atoms with Crippen LogP contribution >= 0.6 is 7.82 Å². The number of aliphatic hydroxyl groups is 1. The number of nitrogens with one attached hydrogen (secondary N) is 1. The minimum atomic E-state index is -4.36. The van der Waals surface area contributed by atoms with Crippen LogP contribution in [0.3, 0.4) is 0 Å². The number of hydrogen-bond acceptors (Lipinski definition) is 5. The maximum atomic E-state index is 13.0. The normalized spacial score (nSPS) is 14.1. The van der Waals surface area contributed by atoms with Gasteiger partial charge in [0, 0.05) is 6.42 Å². The van der Waals surface area contributed by atoms with Crippen molar-refractivity contribution in [2.75, 3.05) is 40.9 Å². The fraction of sp³-hybridized carbons (Fsp3) is 0.859. The SMILES string of the molecule is CCCCCCCCCCCCCC/C=C\CCCCCCCCCCCCCC(=O)NC(COP(=O)(O)OCC[N+](C)(C)C)C(O)/C=C/CC/C=C/CC/C=C/CCCCCCCCCCCCCCCC. The average Bonchev–Trinajstić information content (AvgIpc) is 3.35. The van der Waals surface area contributed by atoms with Crippen LogP contribution in [0.2, 0.25) is 0 Å². The van der Waals surface area contributed by atoms with E-state index in [2.05, 4.69) is 55.6 Å². The average molecular weight is 1050 g/mol. The van der Waals surface area contributed by atoms with E-state index in [0.717, 1.165) is 44.9 Å². The fourth-order valence-electron chi connectivity index (χ4n) is 9.31. The second-order valence-electron chi connectivity index (χ2n) is 22.8. The monoisotopic (exact) mass is 1050 g/mol. The largest absolute Gasteiger partial charge is 0.472 e. The molecule has 0 rings (SSSR count). The molecule has 3 atom stereocenters. The standard InChI is InChI=1S/C64H123N2O6P/c1-6-8-10-12-14-16-18-20-22-24-26-28-30-32-33-34-36-38-40-42-44-46-48-50-52-54-56-58-64(68)65-62(61-72-73(69,70)71-60-59-66(3,4)5)63(67)57-55-53-51-49-47-45-43-41-39-37-35-31-29-27-25-23-21-19-17-15-13-11-9-7-2/h32-33,39,41,47,49,55,57,62-63,67H,6-31,34-38,40,42-46,48,50-54,56,58-61H2,1-5H3,(H-,65,68,69,70)/p+1/b33-32-,41-39+,49-47+,57-55+. The van der Waals surface area contributed by atoms with Crippen LogP contribution in [0, 0.1) is 0 Å². The Balaban J connectivity index is 4.21. The van der Waals surface area contributed by atoms with Gasteiger partial charge in [0.25, 0.3) is 0 Å². The number of phosphoric acid groups is 1. The Labute approximate surface area is 454 Å². The van der Waals surface area contributed by atoms with Gasteiger partial charge in [-0.3, -0.25) is 13.8 Å². The summed E-state index contributed by atoms with van der Waals surface area (Å²) in [5.74, 6) is -0.188. The smallest absolute Gasteiger partial charge is 0.387 e. The van der Waals surface area contributed by atoms with Crippen molar-refractivity contribution in [3.63, 3.8) is 0 Å². The third-order valence-electron chi connectivity index (χ3n) is 14.2. The van der Waals surface area contributed by atoms with Gasteiger partial charge < -0.3 is 19.8 Å². The predicted octanol–water partition coefficient (Wildman–Crippen LogP) is 19.5. The maximum absolute atomic E-state index is 13.0. The molecule has 3 unspecified atom stereocenters. The predicted molar refractivity (Wildman–Crippen MR) is 318 cm³/mol. The Kier molecular flexibility index (Phi) is 54.1. The number of nitrogens with zero attached hydrogens (tertiary/aromatic N) is 1. The first-order valence-electron chi connectivity index (χ1n) is 31.5. The molecule has 0 aliphatic heterocycles. The van der Waals surface area contributed by atoms with E-state index in [-0.39, 0.29) is 19.1 Å². The minimum Gasteiger partial charge on any atom is -0.387 e. The summed E-state index contributed by atoms with van der Waals surface area (Å²) < 4.78 is 23.7. The lowest BCUT2D eigenvalue weighted by Crippen LogP contribution is -2.45. The fourth-order valence-corrected chi connectivity index (χ4v) is 10.0. The van der Waals surface area contributed by atoms with Crippen molar-refractivity contribution in [1.82, 2.24) is 5.32 Å². The molecule has 8 nitrogen and oxygen atoms in total. The highest BCUT2D eigenvalue weighted by Gasteiger charge is 2.27. The number of phosphoric ester groups is 1. The molecule has 0 saturated heterocycles. The molecule has 3 N–H and O–H groups in total.